The minimum absolute atomic E-state index is 0.845. The number of alkyl halides is 2. The van der Waals surface area contributed by atoms with E-state index in [0.29, 0.717) is 0 Å². The predicted molar refractivity (Wildman–Crippen MR) is 117 cm³/mol. The van der Waals surface area contributed by atoms with E-state index in [4.69, 9.17) is 11.6 Å². The molecule has 2 heteroatoms. The Kier molecular flexibility index (Phi) is 24.5. The first kappa shape index (κ1) is 24.8. The molecule has 0 fully saturated rings. The average molecular weight is 424 g/mol. The second kappa shape index (κ2) is 23.8. The maximum absolute atomic E-state index is 5.69. The van der Waals surface area contributed by atoms with Crippen LogP contribution in [0.25, 0.3) is 0 Å². The molecule has 0 amide bonds. The first-order chi connectivity index (χ1) is 11.9. The molecule has 0 rings (SSSR count). The van der Waals surface area contributed by atoms with Gasteiger partial charge < -0.3 is 0 Å². The molecular weight excluding hydrogens is 380 g/mol. The van der Waals surface area contributed by atoms with E-state index < -0.39 is 0 Å². The van der Waals surface area contributed by atoms with Gasteiger partial charge in [0.05, 0.1) is 0 Å². The third kappa shape index (κ3) is 22.8. The zero-order valence-corrected chi connectivity index (χ0v) is 18.7. The second-order valence-electron chi connectivity index (χ2n) is 7.45. The van der Waals surface area contributed by atoms with Gasteiger partial charge in [0.25, 0.3) is 0 Å². The normalized spacial score (nSPS) is 11.2. The van der Waals surface area contributed by atoms with Gasteiger partial charge in [0.1, 0.15) is 0 Å². The molecule has 0 aliphatic heterocycles. The monoisotopic (exact) mass is 422 g/mol. The van der Waals surface area contributed by atoms with Crippen molar-refractivity contribution in [2.24, 2.45) is 0 Å². The second-order valence-corrected chi connectivity index (χ2v) is 8.62. The van der Waals surface area contributed by atoms with Gasteiger partial charge in [-0.15, -0.1) is 11.6 Å². The van der Waals surface area contributed by atoms with Gasteiger partial charge in [-0.05, 0) is 12.8 Å². The minimum Gasteiger partial charge on any atom is -0.127 e. The molecule has 0 aromatic carbocycles. The molecule has 0 aromatic heterocycles. The van der Waals surface area contributed by atoms with Gasteiger partial charge in [-0.2, -0.15) is 0 Å². The van der Waals surface area contributed by atoms with Crippen molar-refractivity contribution in [3.63, 3.8) is 0 Å². The smallest absolute Gasteiger partial charge is 0.0223 e. The SMILES string of the molecule is ClCCCCCCCCCCCCCCCCCCCCCCBr. The highest BCUT2D eigenvalue weighted by Gasteiger charge is 1.95. The van der Waals surface area contributed by atoms with Crippen LogP contribution in [-0.2, 0) is 0 Å². The molecule has 0 spiro atoms. The van der Waals surface area contributed by atoms with Crippen LogP contribution in [0, 0.1) is 0 Å². The van der Waals surface area contributed by atoms with Crippen molar-refractivity contribution in [3.8, 4) is 0 Å². The fourth-order valence-electron chi connectivity index (χ4n) is 3.37. The lowest BCUT2D eigenvalue weighted by Crippen LogP contribution is -1.84. The van der Waals surface area contributed by atoms with Crippen molar-refractivity contribution < 1.29 is 0 Å². The van der Waals surface area contributed by atoms with Crippen LogP contribution in [0.1, 0.15) is 128 Å². The summed E-state index contributed by atoms with van der Waals surface area (Å²) in [5, 5.41) is 1.18. The Balaban J connectivity index is 2.93. The summed E-state index contributed by atoms with van der Waals surface area (Å²) < 4.78 is 0. The average Bonchev–Trinajstić information content (AvgIpc) is 2.60. The van der Waals surface area contributed by atoms with Crippen LogP contribution in [0.5, 0.6) is 0 Å². The molecule has 0 aromatic rings. The highest BCUT2D eigenvalue weighted by molar-refractivity contribution is 9.09. The van der Waals surface area contributed by atoms with Crippen LogP contribution in [0.4, 0.5) is 0 Å². The topological polar surface area (TPSA) is 0 Å². The summed E-state index contributed by atoms with van der Waals surface area (Å²) in [6, 6.07) is 0. The van der Waals surface area contributed by atoms with Crippen LogP contribution in [-0.4, -0.2) is 11.2 Å². The van der Waals surface area contributed by atoms with Crippen molar-refractivity contribution in [1.82, 2.24) is 0 Å². The number of unbranched alkanes of at least 4 members (excludes halogenated alkanes) is 19. The first-order valence-electron chi connectivity index (χ1n) is 11.0. The Bertz CT molecular complexity index is 186. The van der Waals surface area contributed by atoms with Crippen LogP contribution in [0.3, 0.4) is 0 Å². The van der Waals surface area contributed by atoms with E-state index in [1.807, 2.05) is 0 Å². The summed E-state index contributed by atoms with van der Waals surface area (Å²) in [5.74, 6) is 0.845. The van der Waals surface area contributed by atoms with Crippen LogP contribution in [0.15, 0.2) is 0 Å². The first-order valence-corrected chi connectivity index (χ1v) is 12.7. The molecule has 24 heavy (non-hydrogen) atoms. The van der Waals surface area contributed by atoms with Crippen LogP contribution >= 0.6 is 27.5 Å². The number of hydrogen-bond acceptors (Lipinski definition) is 0. The Labute approximate surface area is 167 Å². The fraction of sp³-hybridized carbons (Fsp3) is 1.00. The molecule has 0 unspecified atom stereocenters. The van der Waals surface area contributed by atoms with E-state index >= 15 is 0 Å². The Morgan fingerprint density at radius 3 is 0.750 bits per heavy atom. The zero-order chi connectivity index (χ0) is 17.6. The van der Waals surface area contributed by atoms with Crippen molar-refractivity contribution >= 4 is 27.5 Å². The van der Waals surface area contributed by atoms with Crippen molar-refractivity contribution in [2.75, 3.05) is 11.2 Å². The molecule has 0 radical (unpaired) electrons. The number of rotatable bonds is 21. The largest absolute Gasteiger partial charge is 0.127 e. The molecule has 146 valence electrons. The maximum Gasteiger partial charge on any atom is 0.0223 e. The van der Waals surface area contributed by atoms with E-state index in [0.717, 1.165) is 5.88 Å². The standard InChI is InChI=1S/C22H44BrCl/c23-21-19-17-15-13-11-9-7-5-3-1-2-4-6-8-10-12-14-16-18-20-22-24/h1-22H2. The van der Waals surface area contributed by atoms with E-state index in [2.05, 4.69) is 15.9 Å². The van der Waals surface area contributed by atoms with E-state index in [9.17, 15) is 0 Å². The summed E-state index contributed by atoms with van der Waals surface area (Å²) in [6.07, 6.45) is 28.6. The molecular formula is C22H44BrCl. The van der Waals surface area contributed by atoms with E-state index in [1.54, 1.807) is 0 Å². The molecule has 0 heterocycles. The van der Waals surface area contributed by atoms with E-state index in [-0.39, 0.29) is 0 Å². The maximum atomic E-state index is 5.69. The summed E-state index contributed by atoms with van der Waals surface area (Å²) in [5.41, 5.74) is 0. The lowest BCUT2D eigenvalue weighted by Gasteiger charge is -2.04. The molecule has 0 saturated heterocycles. The molecule has 0 saturated carbocycles. The van der Waals surface area contributed by atoms with Gasteiger partial charge in [-0.3, -0.25) is 0 Å². The van der Waals surface area contributed by atoms with Gasteiger partial charge in [-0.25, -0.2) is 0 Å². The van der Waals surface area contributed by atoms with Crippen LogP contribution in [0.2, 0.25) is 0 Å². The Morgan fingerprint density at radius 1 is 0.333 bits per heavy atom. The lowest BCUT2D eigenvalue weighted by molar-refractivity contribution is 0.523. The molecule has 0 aliphatic carbocycles. The summed E-state index contributed by atoms with van der Waals surface area (Å²) >= 11 is 9.19. The van der Waals surface area contributed by atoms with E-state index in [1.165, 1.54) is 134 Å². The highest BCUT2D eigenvalue weighted by atomic mass is 79.9. The highest BCUT2D eigenvalue weighted by Crippen LogP contribution is 2.14. The molecule has 0 atom stereocenters. The van der Waals surface area contributed by atoms with Crippen molar-refractivity contribution in [1.29, 1.82) is 0 Å². The van der Waals surface area contributed by atoms with Crippen molar-refractivity contribution in [2.45, 2.75) is 128 Å². The summed E-state index contributed by atoms with van der Waals surface area (Å²) in [6.45, 7) is 0. The van der Waals surface area contributed by atoms with Gasteiger partial charge in [0.2, 0.25) is 0 Å². The third-order valence-corrected chi connectivity index (χ3v) is 5.85. The molecule has 0 N–H and O–H groups in total. The van der Waals surface area contributed by atoms with Crippen molar-refractivity contribution in [3.05, 3.63) is 0 Å². The number of hydrogen-bond donors (Lipinski definition) is 0. The Hall–Kier alpha value is 0.770. The Morgan fingerprint density at radius 2 is 0.542 bits per heavy atom. The lowest BCUT2D eigenvalue weighted by atomic mass is 10.0. The fourth-order valence-corrected chi connectivity index (χ4v) is 3.96. The summed E-state index contributed by atoms with van der Waals surface area (Å²) in [7, 11) is 0. The molecule has 0 nitrogen and oxygen atoms in total. The van der Waals surface area contributed by atoms with Gasteiger partial charge in [0, 0.05) is 11.2 Å². The molecule has 0 aliphatic rings. The third-order valence-electron chi connectivity index (χ3n) is 5.02. The zero-order valence-electron chi connectivity index (χ0n) is 16.3. The molecule has 0 bridgehead atoms. The minimum atomic E-state index is 0.845. The predicted octanol–water partition coefficient (Wildman–Crippen LogP) is 9.42. The summed E-state index contributed by atoms with van der Waals surface area (Å²) in [4.78, 5) is 0. The van der Waals surface area contributed by atoms with Gasteiger partial charge in [0.15, 0.2) is 0 Å². The van der Waals surface area contributed by atoms with Crippen LogP contribution < -0.4 is 0 Å². The van der Waals surface area contributed by atoms with Gasteiger partial charge in [-0.1, -0.05) is 132 Å². The van der Waals surface area contributed by atoms with Gasteiger partial charge >= 0.3 is 0 Å². The number of halogens is 2. The quantitative estimate of drug-likeness (QED) is 0.127.